The van der Waals surface area contributed by atoms with E-state index in [-0.39, 0.29) is 28.5 Å². The number of esters is 1. The molecular formula is C31H34N2O9S. The molecule has 3 N–H and O–H groups in total. The van der Waals surface area contributed by atoms with Gasteiger partial charge in [0, 0.05) is 22.7 Å². The maximum absolute atomic E-state index is 14.0. The van der Waals surface area contributed by atoms with E-state index >= 15 is 0 Å². The Kier molecular flexibility index (Phi) is 9.40. The Hall–Kier alpha value is -4.84. The third-order valence-electron chi connectivity index (χ3n) is 6.97. The van der Waals surface area contributed by atoms with Crippen molar-refractivity contribution in [2.45, 2.75) is 12.8 Å². The molecule has 3 aromatic rings. The fourth-order valence-electron chi connectivity index (χ4n) is 5.03. The van der Waals surface area contributed by atoms with Crippen molar-refractivity contribution in [3.05, 3.63) is 69.8 Å². The van der Waals surface area contributed by atoms with Gasteiger partial charge in [-0.2, -0.15) is 0 Å². The van der Waals surface area contributed by atoms with Gasteiger partial charge in [-0.3, -0.25) is 4.79 Å². The monoisotopic (exact) mass is 610 g/mol. The van der Waals surface area contributed by atoms with Crippen molar-refractivity contribution in [2.24, 2.45) is 0 Å². The van der Waals surface area contributed by atoms with Crippen LogP contribution in [0.3, 0.4) is 0 Å². The molecular weight excluding hydrogens is 576 g/mol. The molecule has 0 bridgehead atoms. The summed E-state index contributed by atoms with van der Waals surface area (Å²) in [6.45, 7) is 5.41. The maximum Gasteiger partial charge on any atom is 0.337 e. The zero-order valence-corrected chi connectivity index (χ0v) is 25.9. The van der Waals surface area contributed by atoms with Crippen molar-refractivity contribution in [2.75, 3.05) is 60.3 Å². The summed E-state index contributed by atoms with van der Waals surface area (Å²) in [7, 11) is 8.93. The molecule has 1 aromatic heterocycles. The lowest BCUT2D eigenvalue weighted by atomic mass is 9.81. The number of carbonyl (C=O) groups excluding carboxylic acids is 2. The molecule has 0 radical (unpaired) electrons. The lowest BCUT2D eigenvalue weighted by Crippen LogP contribution is -2.24. The Morgan fingerprint density at radius 3 is 1.86 bits per heavy atom. The Bertz CT molecular complexity index is 1560. The molecule has 4 rings (SSSR count). The Morgan fingerprint density at radius 2 is 1.40 bits per heavy atom. The topological polar surface area (TPSA) is 137 Å². The number of carbonyl (C=O) groups is 2. The number of allylic oxidation sites excluding steroid dienone is 1. The number of methoxy groups -OCH3 is 6. The van der Waals surface area contributed by atoms with Crippen LogP contribution in [-0.2, 0) is 9.53 Å². The van der Waals surface area contributed by atoms with Crippen LogP contribution in [0.5, 0.6) is 34.5 Å². The molecule has 2 aromatic carbocycles. The molecule has 1 atom stereocenters. The minimum Gasteiger partial charge on any atom is -0.493 e. The number of ketones is 1. The first kappa shape index (κ1) is 31.1. The van der Waals surface area contributed by atoms with Crippen LogP contribution < -0.4 is 39.5 Å². The third kappa shape index (κ3) is 5.53. The van der Waals surface area contributed by atoms with Crippen molar-refractivity contribution < 1.29 is 42.7 Å². The molecule has 0 aliphatic carbocycles. The molecule has 12 heteroatoms. The van der Waals surface area contributed by atoms with Gasteiger partial charge in [0.2, 0.25) is 17.3 Å². The number of benzene rings is 2. The summed E-state index contributed by atoms with van der Waals surface area (Å²) in [5.41, 5.74) is 9.24. The van der Waals surface area contributed by atoms with Crippen LogP contribution in [0.25, 0.3) is 0 Å². The third-order valence-corrected chi connectivity index (χ3v) is 8.11. The summed E-state index contributed by atoms with van der Waals surface area (Å²) in [5.74, 6) is 0.466. The van der Waals surface area contributed by atoms with Gasteiger partial charge < -0.3 is 44.2 Å². The summed E-state index contributed by atoms with van der Waals surface area (Å²) in [5, 5.41) is 3.86. The summed E-state index contributed by atoms with van der Waals surface area (Å²) in [6.07, 6.45) is 1.48. The highest BCUT2D eigenvalue weighted by atomic mass is 32.1. The lowest BCUT2D eigenvalue weighted by molar-refractivity contribution is -0.138. The van der Waals surface area contributed by atoms with Gasteiger partial charge >= 0.3 is 5.97 Å². The van der Waals surface area contributed by atoms with Crippen LogP contribution in [0.15, 0.2) is 48.2 Å². The fraction of sp³-hybridized carbons (Fsp3) is 0.290. The largest absolute Gasteiger partial charge is 0.493 e. The SMILES string of the molecule is C=CCOC(=O)C1=C(C)Nc2sc(C(=O)c3cc(OC)c(OC)c(OC)c3)c(N)c2C1c1cc(OC)c(OC)c(OC)c1. The van der Waals surface area contributed by atoms with E-state index in [2.05, 4.69) is 11.9 Å². The highest BCUT2D eigenvalue weighted by Crippen LogP contribution is 2.53. The number of nitrogen functional groups attached to an aromatic ring is 1. The molecule has 43 heavy (non-hydrogen) atoms. The van der Waals surface area contributed by atoms with Crippen LogP contribution >= 0.6 is 11.3 Å². The number of fused-ring (bicyclic) bond motifs is 1. The van der Waals surface area contributed by atoms with Gasteiger partial charge in [-0.25, -0.2) is 4.79 Å². The van der Waals surface area contributed by atoms with Crippen LogP contribution in [-0.4, -0.2) is 61.0 Å². The van der Waals surface area contributed by atoms with Crippen molar-refractivity contribution in [3.63, 3.8) is 0 Å². The Morgan fingerprint density at radius 1 is 0.884 bits per heavy atom. The first-order chi connectivity index (χ1) is 20.7. The molecule has 0 spiro atoms. The zero-order chi connectivity index (χ0) is 31.4. The number of anilines is 2. The standard InChI is InChI=1S/C31H34N2O9S/c1-9-10-42-31(35)22-15(2)33-30-24(23(22)16-11-18(36-3)27(40-7)19(12-16)37-4)25(32)29(43-30)26(34)17-13-20(38-5)28(41-8)21(14-17)39-6/h9,11-14,23,33H,1,10,32H2,2-8H3. The van der Waals surface area contributed by atoms with Crippen molar-refractivity contribution in [3.8, 4) is 34.5 Å². The van der Waals surface area contributed by atoms with Gasteiger partial charge in [0.25, 0.3) is 0 Å². The van der Waals surface area contributed by atoms with Gasteiger partial charge in [-0.05, 0) is 36.8 Å². The second kappa shape index (κ2) is 13.0. The van der Waals surface area contributed by atoms with E-state index in [4.69, 9.17) is 38.9 Å². The number of ether oxygens (including phenoxy) is 7. The smallest absolute Gasteiger partial charge is 0.337 e. The van der Waals surface area contributed by atoms with E-state index in [0.717, 1.165) is 0 Å². The fourth-order valence-corrected chi connectivity index (χ4v) is 6.21. The molecule has 1 aliphatic heterocycles. The van der Waals surface area contributed by atoms with E-state index in [0.29, 0.717) is 61.9 Å². The Balaban J connectivity index is 1.95. The molecule has 1 aliphatic rings. The average molecular weight is 611 g/mol. The van der Waals surface area contributed by atoms with E-state index in [1.807, 2.05) is 0 Å². The molecule has 0 saturated heterocycles. The minimum atomic E-state index is -0.750. The van der Waals surface area contributed by atoms with Crippen molar-refractivity contribution in [1.82, 2.24) is 0 Å². The molecule has 2 heterocycles. The summed E-state index contributed by atoms with van der Waals surface area (Å²) < 4.78 is 38.5. The number of rotatable bonds is 12. The quantitative estimate of drug-likeness (QED) is 0.160. The molecule has 228 valence electrons. The van der Waals surface area contributed by atoms with Crippen LogP contribution in [0.2, 0.25) is 0 Å². The number of nitrogens with one attached hydrogen (secondary N) is 1. The van der Waals surface area contributed by atoms with Gasteiger partial charge in [-0.1, -0.05) is 12.7 Å². The lowest BCUT2D eigenvalue weighted by Gasteiger charge is -2.29. The first-order valence-electron chi connectivity index (χ1n) is 13.0. The summed E-state index contributed by atoms with van der Waals surface area (Å²) in [4.78, 5) is 27.7. The number of thiophene rings is 1. The van der Waals surface area contributed by atoms with Gasteiger partial charge in [0.05, 0.1) is 58.9 Å². The predicted octanol–water partition coefficient (Wildman–Crippen LogP) is 5.17. The second-order valence-corrected chi connectivity index (χ2v) is 10.3. The predicted molar refractivity (Wildman–Crippen MR) is 164 cm³/mol. The highest BCUT2D eigenvalue weighted by Gasteiger charge is 2.39. The minimum absolute atomic E-state index is 0.00837. The van der Waals surface area contributed by atoms with E-state index in [1.165, 1.54) is 60.1 Å². The molecule has 0 amide bonds. The molecule has 1 unspecified atom stereocenters. The highest BCUT2D eigenvalue weighted by molar-refractivity contribution is 7.19. The number of nitrogens with two attached hydrogens (primary N) is 1. The maximum atomic E-state index is 14.0. The number of hydrogen-bond donors (Lipinski definition) is 2. The molecule has 0 saturated carbocycles. The Labute approximate surface area is 253 Å². The van der Waals surface area contributed by atoms with E-state index in [1.54, 1.807) is 31.2 Å². The number of hydrogen-bond acceptors (Lipinski definition) is 12. The van der Waals surface area contributed by atoms with Crippen LogP contribution in [0, 0.1) is 0 Å². The van der Waals surface area contributed by atoms with Crippen molar-refractivity contribution in [1.29, 1.82) is 0 Å². The van der Waals surface area contributed by atoms with E-state index in [9.17, 15) is 9.59 Å². The van der Waals surface area contributed by atoms with Gasteiger partial charge in [0.15, 0.2) is 23.0 Å². The second-order valence-electron chi connectivity index (χ2n) is 9.27. The summed E-state index contributed by atoms with van der Waals surface area (Å²) >= 11 is 1.17. The normalized spacial score (nSPS) is 13.8. The van der Waals surface area contributed by atoms with E-state index < -0.39 is 11.9 Å². The average Bonchev–Trinajstić information content (AvgIpc) is 3.35. The van der Waals surface area contributed by atoms with Gasteiger partial charge in [0.1, 0.15) is 11.5 Å². The van der Waals surface area contributed by atoms with Crippen molar-refractivity contribution >= 4 is 33.8 Å². The molecule has 0 fully saturated rings. The van der Waals surface area contributed by atoms with Crippen LogP contribution in [0.4, 0.5) is 10.7 Å². The first-order valence-corrected chi connectivity index (χ1v) is 13.8. The van der Waals surface area contributed by atoms with Gasteiger partial charge in [-0.15, -0.1) is 11.3 Å². The molecule has 11 nitrogen and oxygen atoms in total. The zero-order valence-electron chi connectivity index (χ0n) is 25.0. The summed E-state index contributed by atoms with van der Waals surface area (Å²) in [6, 6.07) is 6.61. The van der Waals surface area contributed by atoms with Crippen LogP contribution in [0.1, 0.15) is 39.2 Å².